The summed E-state index contributed by atoms with van der Waals surface area (Å²) in [7, 11) is 0. The summed E-state index contributed by atoms with van der Waals surface area (Å²) in [6.07, 6.45) is 0. The summed E-state index contributed by atoms with van der Waals surface area (Å²) in [6, 6.07) is 15.5. The molecule has 0 saturated heterocycles. The molecule has 3 aromatic rings. The number of carbonyl (C=O) groups excluding carboxylic acids is 2. The molecule has 138 valence electrons. The van der Waals surface area contributed by atoms with Gasteiger partial charge in [0.25, 0.3) is 5.91 Å². The Bertz CT molecular complexity index is 1030. The third-order valence-corrected chi connectivity index (χ3v) is 4.06. The van der Waals surface area contributed by atoms with Gasteiger partial charge in [0.1, 0.15) is 23.4 Å². The standard InChI is InChI=1S/C21H19NO5/c1-13(2)14-7-9-16(10-8-14)26-19(23)12-22-20(24)17-11-15-5-3-4-6-18(15)27-21(17)25/h3-11,13H,12H2,1-2H3,(H,22,24). The van der Waals surface area contributed by atoms with E-state index >= 15 is 0 Å². The lowest BCUT2D eigenvalue weighted by Crippen LogP contribution is -2.34. The third kappa shape index (κ3) is 4.41. The molecule has 0 aliphatic carbocycles. The van der Waals surface area contributed by atoms with Crippen LogP contribution in [-0.4, -0.2) is 18.4 Å². The molecule has 1 heterocycles. The maximum absolute atomic E-state index is 12.2. The van der Waals surface area contributed by atoms with Gasteiger partial charge in [-0.3, -0.25) is 4.79 Å². The van der Waals surface area contributed by atoms with Crippen molar-refractivity contribution >= 4 is 22.8 Å². The summed E-state index contributed by atoms with van der Waals surface area (Å²) in [5.74, 6) is -0.556. The Morgan fingerprint density at radius 2 is 1.78 bits per heavy atom. The molecule has 2 aromatic carbocycles. The molecule has 6 nitrogen and oxygen atoms in total. The Kier molecular flexibility index (Phi) is 5.35. The first-order valence-electron chi connectivity index (χ1n) is 8.56. The van der Waals surface area contributed by atoms with E-state index in [0.717, 1.165) is 5.56 Å². The van der Waals surface area contributed by atoms with Crippen LogP contribution in [0, 0.1) is 0 Å². The fourth-order valence-corrected chi connectivity index (χ4v) is 2.56. The Morgan fingerprint density at radius 1 is 1.07 bits per heavy atom. The topological polar surface area (TPSA) is 85.6 Å². The van der Waals surface area contributed by atoms with E-state index in [2.05, 4.69) is 19.2 Å². The van der Waals surface area contributed by atoms with Crippen LogP contribution in [0.3, 0.4) is 0 Å². The number of benzene rings is 2. The Labute approximate surface area is 155 Å². The molecule has 0 atom stereocenters. The molecule has 0 fully saturated rings. The Morgan fingerprint density at radius 3 is 2.48 bits per heavy atom. The highest BCUT2D eigenvalue weighted by Crippen LogP contribution is 2.18. The predicted octanol–water partition coefficient (Wildman–Crippen LogP) is 3.25. The minimum absolute atomic E-state index is 0.164. The van der Waals surface area contributed by atoms with Crippen molar-refractivity contribution in [2.45, 2.75) is 19.8 Å². The van der Waals surface area contributed by atoms with Gasteiger partial charge in [-0.25, -0.2) is 9.59 Å². The van der Waals surface area contributed by atoms with Gasteiger partial charge in [-0.15, -0.1) is 0 Å². The van der Waals surface area contributed by atoms with Crippen molar-refractivity contribution in [3.05, 3.63) is 76.1 Å². The highest BCUT2D eigenvalue weighted by Gasteiger charge is 2.15. The van der Waals surface area contributed by atoms with Crippen molar-refractivity contribution in [1.29, 1.82) is 0 Å². The second-order valence-electron chi connectivity index (χ2n) is 6.37. The molecule has 1 amide bonds. The van der Waals surface area contributed by atoms with Crippen LogP contribution in [-0.2, 0) is 4.79 Å². The van der Waals surface area contributed by atoms with E-state index in [0.29, 0.717) is 22.6 Å². The van der Waals surface area contributed by atoms with Gasteiger partial charge in [-0.2, -0.15) is 0 Å². The lowest BCUT2D eigenvalue weighted by Gasteiger charge is -2.08. The van der Waals surface area contributed by atoms with Crippen molar-refractivity contribution in [2.24, 2.45) is 0 Å². The van der Waals surface area contributed by atoms with E-state index in [4.69, 9.17) is 9.15 Å². The van der Waals surface area contributed by atoms with E-state index in [1.54, 1.807) is 36.4 Å². The molecule has 0 saturated carbocycles. The average molecular weight is 365 g/mol. The van der Waals surface area contributed by atoms with Crippen LogP contribution in [0.1, 0.15) is 35.7 Å². The molecule has 0 unspecified atom stereocenters. The van der Waals surface area contributed by atoms with Crippen molar-refractivity contribution in [3.8, 4) is 5.75 Å². The Hall–Kier alpha value is -3.41. The summed E-state index contributed by atoms with van der Waals surface area (Å²) in [4.78, 5) is 36.1. The summed E-state index contributed by atoms with van der Waals surface area (Å²) in [5, 5.41) is 3.00. The van der Waals surface area contributed by atoms with Crippen LogP contribution in [0.15, 0.2) is 63.8 Å². The van der Waals surface area contributed by atoms with Gasteiger partial charge < -0.3 is 14.5 Å². The minimum atomic E-state index is -0.760. The number of rotatable bonds is 5. The van der Waals surface area contributed by atoms with Gasteiger partial charge >= 0.3 is 11.6 Å². The van der Waals surface area contributed by atoms with Crippen LogP contribution in [0.25, 0.3) is 11.0 Å². The van der Waals surface area contributed by atoms with Crippen molar-refractivity contribution in [2.75, 3.05) is 6.54 Å². The highest BCUT2D eigenvalue weighted by atomic mass is 16.5. The molecule has 1 N–H and O–H groups in total. The van der Waals surface area contributed by atoms with Crippen LogP contribution < -0.4 is 15.7 Å². The first-order chi connectivity index (χ1) is 12.9. The number of nitrogens with one attached hydrogen (secondary N) is 1. The lowest BCUT2D eigenvalue weighted by molar-refractivity contribution is -0.133. The number of esters is 1. The van der Waals surface area contributed by atoms with Crippen molar-refractivity contribution in [1.82, 2.24) is 5.32 Å². The number of amides is 1. The molecule has 0 spiro atoms. The van der Waals surface area contributed by atoms with E-state index < -0.39 is 17.5 Å². The van der Waals surface area contributed by atoms with Crippen LogP contribution >= 0.6 is 0 Å². The molecule has 0 radical (unpaired) electrons. The maximum Gasteiger partial charge on any atom is 0.349 e. The molecule has 0 bridgehead atoms. The molecule has 6 heteroatoms. The summed E-state index contributed by atoms with van der Waals surface area (Å²) in [6.45, 7) is 3.77. The van der Waals surface area contributed by atoms with Gasteiger partial charge in [0.2, 0.25) is 0 Å². The molecule has 3 rings (SSSR count). The van der Waals surface area contributed by atoms with Gasteiger partial charge in [0, 0.05) is 5.39 Å². The number of ether oxygens (including phenoxy) is 1. The maximum atomic E-state index is 12.2. The van der Waals surface area contributed by atoms with Gasteiger partial charge in [0.15, 0.2) is 0 Å². The normalized spacial score (nSPS) is 10.8. The van der Waals surface area contributed by atoms with Crippen molar-refractivity contribution < 1.29 is 18.7 Å². The van der Waals surface area contributed by atoms with Crippen LogP contribution in [0.4, 0.5) is 0 Å². The highest BCUT2D eigenvalue weighted by molar-refractivity contribution is 5.98. The summed E-state index contributed by atoms with van der Waals surface area (Å²) < 4.78 is 10.3. The first-order valence-corrected chi connectivity index (χ1v) is 8.56. The number of fused-ring (bicyclic) bond motifs is 1. The van der Waals surface area contributed by atoms with E-state index in [1.807, 2.05) is 12.1 Å². The average Bonchev–Trinajstić information content (AvgIpc) is 2.66. The van der Waals surface area contributed by atoms with Crippen LogP contribution in [0.2, 0.25) is 0 Å². The number of hydrogen-bond donors (Lipinski definition) is 1. The smallest absolute Gasteiger partial charge is 0.349 e. The molecule has 27 heavy (non-hydrogen) atoms. The molecular weight excluding hydrogens is 346 g/mol. The van der Waals surface area contributed by atoms with Crippen molar-refractivity contribution in [3.63, 3.8) is 0 Å². The lowest BCUT2D eigenvalue weighted by atomic mass is 10.0. The third-order valence-electron chi connectivity index (χ3n) is 4.06. The van der Waals surface area contributed by atoms with Gasteiger partial charge in [-0.1, -0.05) is 44.2 Å². The summed E-state index contributed by atoms with van der Waals surface area (Å²) in [5.41, 5.74) is 0.598. The van der Waals surface area contributed by atoms with Crippen LogP contribution in [0.5, 0.6) is 5.75 Å². The first kappa shape index (κ1) is 18.4. The zero-order valence-electron chi connectivity index (χ0n) is 15.0. The van der Waals surface area contributed by atoms with Gasteiger partial charge in [-0.05, 0) is 35.7 Å². The molecule has 0 aliphatic rings. The predicted molar refractivity (Wildman–Crippen MR) is 101 cm³/mol. The molecule has 1 aromatic heterocycles. The number of para-hydroxylation sites is 1. The monoisotopic (exact) mass is 365 g/mol. The SMILES string of the molecule is CC(C)c1ccc(OC(=O)CNC(=O)c2cc3ccccc3oc2=O)cc1. The minimum Gasteiger partial charge on any atom is -0.425 e. The number of carbonyl (C=O) groups is 2. The fourth-order valence-electron chi connectivity index (χ4n) is 2.56. The second kappa shape index (κ2) is 7.86. The van der Waals surface area contributed by atoms with E-state index in [1.165, 1.54) is 6.07 Å². The summed E-state index contributed by atoms with van der Waals surface area (Å²) >= 11 is 0. The zero-order chi connectivity index (χ0) is 19.4. The van der Waals surface area contributed by atoms with Gasteiger partial charge in [0.05, 0.1) is 0 Å². The second-order valence-corrected chi connectivity index (χ2v) is 6.37. The molecular formula is C21H19NO5. The van der Waals surface area contributed by atoms with E-state index in [-0.39, 0.29) is 12.1 Å². The zero-order valence-corrected chi connectivity index (χ0v) is 15.0. The largest absolute Gasteiger partial charge is 0.425 e. The fraction of sp³-hybridized carbons (Fsp3) is 0.190. The van der Waals surface area contributed by atoms with E-state index in [9.17, 15) is 14.4 Å². The quantitative estimate of drug-likeness (QED) is 0.426. The number of hydrogen-bond acceptors (Lipinski definition) is 5. The Balaban J connectivity index is 1.62. The molecule has 0 aliphatic heterocycles.